The van der Waals surface area contributed by atoms with Gasteiger partial charge in [0.1, 0.15) is 0 Å². The molecule has 2 aliphatic heterocycles. The fourth-order valence-corrected chi connectivity index (χ4v) is 7.44. The van der Waals surface area contributed by atoms with Crippen LogP contribution >= 0.6 is 11.8 Å². The van der Waals surface area contributed by atoms with E-state index in [2.05, 4.69) is 27.5 Å². The average Bonchev–Trinajstić information content (AvgIpc) is 3.48. The van der Waals surface area contributed by atoms with Gasteiger partial charge >= 0.3 is 11.9 Å². The molecule has 1 fully saturated rings. The van der Waals surface area contributed by atoms with E-state index in [1.807, 2.05) is 91.0 Å². The summed E-state index contributed by atoms with van der Waals surface area (Å²) in [4.78, 5) is 49.2. The second-order valence-electron chi connectivity index (χ2n) is 12.8. The van der Waals surface area contributed by atoms with Crippen molar-refractivity contribution in [2.24, 2.45) is 0 Å². The summed E-state index contributed by atoms with van der Waals surface area (Å²) in [6.45, 7) is 1.64. The molecule has 0 saturated carbocycles. The summed E-state index contributed by atoms with van der Waals surface area (Å²) in [5.41, 5.74) is 5.68. The number of cyclic esters (lactones) is 2. The summed E-state index contributed by atoms with van der Waals surface area (Å²) in [5, 5.41) is 15.4. The van der Waals surface area contributed by atoms with E-state index in [9.17, 15) is 24.3 Å². The monoisotopic (exact) mass is 728 g/mol. The first-order valence-corrected chi connectivity index (χ1v) is 18.1. The molecule has 3 N–H and O–H groups in total. The number of hydrogen-bond acceptors (Lipinski definition) is 9. The van der Waals surface area contributed by atoms with Gasteiger partial charge in [-0.15, -0.1) is 11.8 Å². The molecular formula is C42H36N2O8S. The van der Waals surface area contributed by atoms with Gasteiger partial charge in [0.05, 0.1) is 29.9 Å². The van der Waals surface area contributed by atoms with Crippen molar-refractivity contribution in [3.8, 4) is 0 Å². The van der Waals surface area contributed by atoms with Gasteiger partial charge in [0, 0.05) is 46.8 Å². The zero-order valence-corrected chi connectivity index (χ0v) is 29.5. The Labute approximate surface area is 310 Å². The van der Waals surface area contributed by atoms with E-state index in [1.54, 1.807) is 11.8 Å². The van der Waals surface area contributed by atoms with E-state index in [0.717, 1.165) is 38.4 Å². The van der Waals surface area contributed by atoms with Crippen molar-refractivity contribution >= 4 is 41.2 Å². The van der Waals surface area contributed by atoms with E-state index in [1.165, 1.54) is 25.1 Å². The molecule has 10 nitrogen and oxygen atoms in total. The SMILES string of the molecule is CC(=O)Nc1ccc(SCC2OC(c3ccc(CNC(=O)c4ccc5c(c4)C(=O)OC5=O)cc3)OC(c3ccc(CO)cc3)C2c2ccccc2)cc1. The number of anilines is 1. The molecule has 11 heteroatoms. The van der Waals surface area contributed by atoms with Crippen LogP contribution in [-0.4, -0.2) is 40.7 Å². The lowest BCUT2D eigenvalue weighted by Crippen LogP contribution is -2.38. The average molecular weight is 729 g/mol. The predicted molar refractivity (Wildman–Crippen MR) is 198 cm³/mol. The highest BCUT2D eigenvalue weighted by Gasteiger charge is 2.42. The molecule has 2 aliphatic rings. The van der Waals surface area contributed by atoms with Crippen LogP contribution < -0.4 is 10.6 Å². The third-order valence-electron chi connectivity index (χ3n) is 9.17. The van der Waals surface area contributed by atoms with Crippen LogP contribution in [0.1, 0.15) is 84.1 Å². The standard InChI is InChI=1S/C42H36N2O8S/c1-25(46)44-32-16-18-33(19-17-32)53-24-36-37(28-5-3-2-4-6-28)38(29-11-9-27(23-45)10-12-29)51-42(50-36)30-13-7-26(8-14-30)22-43-39(47)31-15-20-34-35(21-31)41(49)52-40(34)48/h2-21,36-38,42,45H,22-24H2,1H3,(H,43,47)(H,44,46). The van der Waals surface area contributed by atoms with Gasteiger partial charge < -0.3 is 30.0 Å². The number of aliphatic hydroxyl groups is 1. The minimum atomic E-state index is -0.764. The van der Waals surface area contributed by atoms with Crippen molar-refractivity contribution in [1.82, 2.24) is 5.32 Å². The van der Waals surface area contributed by atoms with Gasteiger partial charge in [-0.25, -0.2) is 9.59 Å². The van der Waals surface area contributed by atoms with Gasteiger partial charge in [-0.05, 0) is 64.7 Å². The third kappa shape index (κ3) is 8.24. The number of carbonyl (C=O) groups excluding carboxylic acids is 4. The van der Waals surface area contributed by atoms with Crippen molar-refractivity contribution in [1.29, 1.82) is 0 Å². The Morgan fingerprint density at radius 3 is 2.11 bits per heavy atom. The second-order valence-corrected chi connectivity index (χ2v) is 13.9. The number of fused-ring (bicyclic) bond motifs is 1. The molecule has 53 heavy (non-hydrogen) atoms. The summed E-state index contributed by atoms with van der Waals surface area (Å²) in [5.74, 6) is -1.55. The molecule has 0 bridgehead atoms. The first kappa shape index (κ1) is 35.8. The smallest absolute Gasteiger partial charge is 0.346 e. The van der Waals surface area contributed by atoms with Crippen LogP contribution in [0.2, 0.25) is 0 Å². The summed E-state index contributed by atoms with van der Waals surface area (Å²) in [7, 11) is 0. The molecule has 0 aromatic heterocycles. The number of ether oxygens (including phenoxy) is 3. The minimum absolute atomic E-state index is 0.0601. The van der Waals surface area contributed by atoms with E-state index >= 15 is 0 Å². The van der Waals surface area contributed by atoms with E-state index in [-0.39, 0.29) is 53.9 Å². The quantitative estimate of drug-likeness (QED) is 0.0738. The van der Waals surface area contributed by atoms with Crippen LogP contribution in [0.3, 0.4) is 0 Å². The molecule has 0 radical (unpaired) electrons. The predicted octanol–water partition coefficient (Wildman–Crippen LogP) is 7.11. The van der Waals surface area contributed by atoms with E-state index in [4.69, 9.17) is 9.47 Å². The van der Waals surface area contributed by atoms with E-state index < -0.39 is 24.1 Å². The molecule has 2 heterocycles. The van der Waals surface area contributed by atoms with Crippen molar-refractivity contribution in [2.45, 2.75) is 49.4 Å². The first-order valence-electron chi connectivity index (χ1n) is 17.1. The third-order valence-corrected chi connectivity index (χ3v) is 10.3. The fraction of sp³-hybridized carbons (Fsp3) is 0.190. The largest absolute Gasteiger partial charge is 0.392 e. The number of amides is 2. The first-order chi connectivity index (χ1) is 25.7. The highest BCUT2D eigenvalue weighted by molar-refractivity contribution is 7.99. The van der Waals surface area contributed by atoms with Crippen LogP contribution in [0.5, 0.6) is 0 Å². The van der Waals surface area contributed by atoms with Crippen LogP contribution in [0.25, 0.3) is 0 Å². The van der Waals surface area contributed by atoms with Crippen LogP contribution in [0.15, 0.2) is 126 Å². The van der Waals surface area contributed by atoms with Crippen LogP contribution in [-0.2, 0) is 32.2 Å². The lowest BCUT2D eigenvalue weighted by Gasteiger charge is -2.43. The minimum Gasteiger partial charge on any atom is -0.392 e. The summed E-state index contributed by atoms with van der Waals surface area (Å²) >= 11 is 1.66. The second kappa shape index (κ2) is 16.0. The topological polar surface area (TPSA) is 140 Å². The Balaban J connectivity index is 1.11. The maximum atomic E-state index is 12.9. The van der Waals surface area contributed by atoms with Gasteiger partial charge in [-0.1, -0.05) is 78.9 Å². The number of carbonyl (C=O) groups is 4. The number of rotatable bonds is 11. The Morgan fingerprint density at radius 2 is 1.42 bits per heavy atom. The molecule has 5 aromatic carbocycles. The number of thioether (sulfide) groups is 1. The Kier molecular flexibility index (Phi) is 10.8. The number of esters is 2. The Morgan fingerprint density at radius 1 is 0.736 bits per heavy atom. The number of nitrogens with one attached hydrogen (secondary N) is 2. The Bertz CT molecular complexity index is 2120. The van der Waals surface area contributed by atoms with Gasteiger partial charge in [0.15, 0.2) is 6.29 Å². The van der Waals surface area contributed by atoms with Gasteiger partial charge in [0.25, 0.3) is 5.91 Å². The molecule has 4 atom stereocenters. The number of hydrogen-bond donors (Lipinski definition) is 3. The maximum absolute atomic E-state index is 12.9. The molecule has 0 spiro atoms. The van der Waals surface area contributed by atoms with Gasteiger partial charge in [-0.2, -0.15) is 0 Å². The highest BCUT2D eigenvalue weighted by atomic mass is 32.2. The molecule has 5 aromatic rings. The zero-order valence-electron chi connectivity index (χ0n) is 28.7. The molecule has 7 rings (SSSR count). The van der Waals surface area contributed by atoms with Crippen molar-refractivity contribution in [3.63, 3.8) is 0 Å². The van der Waals surface area contributed by atoms with E-state index in [0.29, 0.717) is 5.75 Å². The fourth-order valence-electron chi connectivity index (χ4n) is 6.47. The summed E-state index contributed by atoms with van der Waals surface area (Å²) in [6, 6.07) is 37.6. The molecule has 2 amide bonds. The van der Waals surface area contributed by atoms with Crippen molar-refractivity contribution in [3.05, 3.63) is 166 Å². The number of aliphatic hydroxyl groups excluding tert-OH is 1. The van der Waals surface area contributed by atoms with Crippen LogP contribution in [0.4, 0.5) is 5.69 Å². The number of benzene rings is 5. The molecular weight excluding hydrogens is 693 g/mol. The molecule has 0 aliphatic carbocycles. The van der Waals surface area contributed by atoms with Crippen molar-refractivity contribution in [2.75, 3.05) is 11.1 Å². The lowest BCUT2D eigenvalue weighted by molar-refractivity contribution is -0.255. The van der Waals surface area contributed by atoms with Gasteiger partial charge in [-0.3, -0.25) is 9.59 Å². The summed E-state index contributed by atoms with van der Waals surface area (Å²) < 4.78 is 18.3. The van der Waals surface area contributed by atoms with Crippen molar-refractivity contribution < 1.29 is 38.5 Å². The molecule has 4 unspecified atom stereocenters. The Hall–Kier alpha value is -5.59. The highest BCUT2D eigenvalue weighted by Crippen LogP contribution is 2.48. The van der Waals surface area contributed by atoms with Crippen LogP contribution in [0, 0.1) is 0 Å². The normalized spacial score (nSPS) is 19.3. The summed E-state index contributed by atoms with van der Waals surface area (Å²) in [6.07, 6.45) is -1.37. The zero-order chi connectivity index (χ0) is 36.9. The molecule has 268 valence electrons. The maximum Gasteiger partial charge on any atom is 0.346 e. The lowest BCUT2D eigenvalue weighted by atomic mass is 9.84. The molecule has 1 saturated heterocycles. The van der Waals surface area contributed by atoms with Gasteiger partial charge in [0.2, 0.25) is 5.91 Å².